The van der Waals surface area contributed by atoms with Gasteiger partial charge in [0.25, 0.3) is 0 Å². The van der Waals surface area contributed by atoms with Crippen LogP contribution >= 0.6 is 0 Å². The molecule has 1 aliphatic rings. The first kappa shape index (κ1) is 24.6. The number of pyridine rings is 2. The summed E-state index contributed by atoms with van der Waals surface area (Å²) in [7, 11) is -1.96. The predicted molar refractivity (Wildman–Crippen MR) is 133 cm³/mol. The zero-order valence-corrected chi connectivity index (χ0v) is 21.7. The van der Waals surface area contributed by atoms with Gasteiger partial charge < -0.3 is 4.98 Å². The van der Waals surface area contributed by atoms with Gasteiger partial charge in [0.1, 0.15) is 4.90 Å². The highest BCUT2D eigenvalue weighted by molar-refractivity contribution is 7.89. The van der Waals surface area contributed by atoms with E-state index in [1.54, 1.807) is 29.9 Å². The van der Waals surface area contributed by atoms with Crippen molar-refractivity contribution in [1.29, 1.82) is 0 Å². The van der Waals surface area contributed by atoms with Gasteiger partial charge in [-0.3, -0.25) is 9.55 Å². The summed E-state index contributed by atoms with van der Waals surface area (Å²) in [6, 6.07) is 5.04. The zero-order valence-electron chi connectivity index (χ0n) is 20.8. The van der Waals surface area contributed by atoms with Crippen LogP contribution in [-0.2, 0) is 23.5 Å². The van der Waals surface area contributed by atoms with E-state index in [0.29, 0.717) is 12.1 Å². The van der Waals surface area contributed by atoms with Crippen LogP contribution in [-0.4, -0.2) is 34.0 Å². The average molecular weight is 486 g/mol. The molecule has 0 aromatic carbocycles. The number of imidazole rings is 1. The van der Waals surface area contributed by atoms with Crippen LogP contribution in [0.4, 0.5) is 0 Å². The van der Waals surface area contributed by atoms with Crippen LogP contribution in [0.25, 0.3) is 11.2 Å². The van der Waals surface area contributed by atoms with E-state index in [1.807, 2.05) is 0 Å². The third-order valence-electron chi connectivity index (χ3n) is 6.94. The third kappa shape index (κ3) is 4.95. The van der Waals surface area contributed by atoms with Crippen molar-refractivity contribution in [1.82, 2.24) is 24.2 Å². The fourth-order valence-corrected chi connectivity index (χ4v) is 6.25. The normalized spacial score (nSPS) is 21.1. The number of hydrogen-bond donors (Lipinski definition) is 2. The molecule has 4 rings (SSSR count). The molecule has 8 nitrogen and oxygen atoms in total. The minimum absolute atomic E-state index is 0.0364. The minimum Gasteiger partial charge on any atom is -0.304 e. The molecule has 2 unspecified atom stereocenters. The highest BCUT2D eigenvalue weighted by atomic mass is 32.2. The molecule has 3 aromatic heterocycles. The summed E-state index contributed by atoms with van der Waals surface area (Å²) >= 11 is 0. The van der Waals surface area contributed by atoms with Gasteiger partial charge in [-0.05, 0) is 60.3 Å². The van der Waals surface area contributed by atoms with Crippen LogP contribution < -0.4 is 10.4 Å². The van der Waals surface area contributed by atoms with Crippen molar-refractivity contribution in [3.8, 4) is 0 Å². The summed E-state index contributed by atoms with van der Waals surface area (Å²) in [6.45, 7) is 10.7. The van der Waals surface area contributed by atoms with E-state index in [2.05, 4.69) is 55.4 Å². The van der Waals surface area contributed by atoms with Crippen molar-refractivity contribution in [3.05, 3.63) is 52.3 Å². The first-order valence-electron chi connectivity index (χ1n) is 11.8. The summed E-state index contributed by atoms with van der Waals surface area (Å²) in [5, 5.41) is 0. The molecule has 0 spiro atoms. The van der Waals surface area contributed by atoms with Crippen LogP contribution in [0.5, 0.6) is 0 Å². The van der Waals surface area contributed by atoms with E-state index in [0.717, 1.165) is 36.0 Å². The lowest BCUT2D eigenvalue weighted by Crippen LogP contribution is -2.48. The number of nitrogens with one attached hydrogen (secondary N) is 2. The molecule has 0 radical (unpaired) electrons. The Labute approximate surface area is 201 Å². The van der Waals surface area contributed by atoms with Gasteiger partial charge in [-0.1, -0.05) is 34.6 Å². The molecule has 3 aromatic rings. The fourth-order valence-electron chi connectivity index (χ4n) is 4.87. The number of fused-ring (bicyclic) bond motifs is 1. The van der Waals surface area contributed by atoms with E-state index >= 15 is 0 Å². The number of aromatic amines is 1. The van der Waals surface area contributed by atoms with E-state index in [1.165, 1.54) is 6.20 Å². The Balaban J connectivity index is 1.70. The SMILES string of the molecule is Cn1c(=O)[nH]c2c(CC(C)(C)C)cc(C3CCC(C)(C)C(NS(=O)(=O)c4cccnc4)C3)nc21. The smallest absolute Gasteiger partial charge is 0.304 e. The molecule has 1 fully saturated rings. The standard InChI is InChI=1S/C25H35N5O3S/c1-24(2,3)14-17-12-19(27-22-21(17)28-23(31)30(22)6)16-9-10-25(4,5)20(13-16)29-34(32,33)18-8-7-11-26-15-18/h7-8,11-12,15-16,20,29H,9-10,13-14H2,1-6H3,(H,28,31). The zero-order chi connectivity index (χ0) is 24.9. The van der Waals surface area contributed by atoms with Crippen LogP contribution in [0.1, 0.15) is 71.1 Å². The second-order valence-electron chi connectivity index (χ2n) is 11.5. The molecule has 34 heavy (non-hydrogen) atoms. The van der Waals surface area contributed by atoms with Gasteiger partial charge in [-0.2, -0.15) is 0 Å². The summed E-state index contributed by atoms with van der Waals surface area (Å²) in [6.07, 6.45) is 6.13. The molecule has 0 saturated heterocycles. The second-order valence-corrected chi connectivity index (χ2v) is 13.2. The maximum atomic E-state index is 13.1. The van der Waals surface area contributed by atoms with Gasteiger partial charge in [0, 0.05) is 37.1 Å². The summed E-state index contributed by atoms with van der Waals surface area (Å²) < 4.78 is 30.6. The molecule has 184 valence electrons. The minimum atomic E-state index is -3.69. The van der Waals surface area contributed by atoms with Crippen LogP contribution in [0.3, 0.4) is 0 Å². The van der Waals surface area contributed by atoms with Crippen molar-refractivity contribution >= 4 is 21.2 Å². The number of aryl methyl sites for hydroxylation is 1. The van der Waals surface area contributed by atoms with Crippen molar-refractivity contribution < 1.29 is 8.42 Å². The molecule has 2 atom stereocenters. The van der Waals surface area contributed by atoms with Crippen molar-refractivity contribution in [3.63, 3.8) is 0 Å². The molecule has 2 N–H and O–H groups in total. The summed E-state index contributed by atoms with van der Waals surface area (Å²) in [5.74, 6) is 0.0859. The maximum Gasteiger partial charge on any atom is 0.327 e. The Morgan fingerprint density at radius 1 is 1.29 bits per heavy atom. The van der Waals surface area contributed by atoms with Gasteiger partial charge in [0.2, 0.25) is 10.0 Å². The summed E-state index contributed by atoms with van der Waals surface area (Å²) in [5.41, 5.74) is 3.08. The Morgan fingerprint density at radius 3 is 2.68 bits per heavy atom. The molecule has 0 amide bonds. The molecule has 3 heterocycles. The average Bonchev–Trinajstić information content (AvgIpc) is 3.03. The number of aromatic nitrogens is 4. The Hall–Kier alpha value is -2.52. The van der Waals surface area contributed by atoms with Gasteiger partial charge in [0.15, 0.2) is 5.65 Å². The van der Waals surface area contributed by atoms with Crippen LogP contribution in [0.2, 0.25) is 0 Å². The number of rotatable bonds is 5. The number of nitrogens with zero attached hydrogens (tertiary/aromatic N) is 3. The van der Waals surface area contributed by atoms with Crippen LogP contribution in [0, 0.1) is 10.8 Å². The van der Waals surface area contributed by atoms with E-state index in [9.17, 15) is 13.2 Å². The lowest BCUT2D eigenvalue weighted by molar-refractivity contribution is 0.170. The third-order valence-corrected chi connectivity index (χ3v) is 8.39. The van der Waals surface area contributed by atoms with Gasteiger partial charge in [0.05, 0.1) is 5.52 Å². The fraction of sp³-hybridized carbons (Fsp3) is 0.560. The maximum absolute atomic E-state index is 13.1. The Morgan fingerprint density at radius 2 is 2.03 bits per heavy atom. The first-order chi connectivity index (χ1) is 15.8. The first-order valence-corrected chi connectivity index (χ1v) is 13.3. The predicted octanol–water partition coefficient (Wildman–Crippen LogP) is 3.89. The Kier molecular flexibility index (Phi) is 6.23. The largest absolute Gasteiger partial charge is 0.327 e. The van der Waals surface area contributed by atoms with Crippen molar-refractivity contribution in [2.45, 2.75) is 77.2 Å². The molecule has 1 saturated carbocycles. The summed E-state index contributed by atoms with van der Waals surface area (Å²) in [4.78, 5) is 24.3. The highest BCUT2D eigenvalue weighted by Gasteiger charge is 2.40. The number of sulfonamides is 1. The van der Waals surface area contributed by atoms with Crippen molar-refractivity contribution in [2.75, 3.05) is 0 Å². The second kappa shape index (κ2) is 8.61. The molecular formula is C25H35N5O3S. The molecule has 9 heteroatoms. The highest BCUT2D eigenvalue weighted by Crippen LogP contribution is 2.43. The molecule has 0 bridgehead atoms. The topological polar surface area (TPSA) is 110 Å². The van der Waals surface area contributed by atoms with Crippen molar-refractivity contribution in [2.24, 2.45) is 17.9 Å². The monoisotopic (exact) mass is 485 g/mol. The number of hydrogen-bond acceptors (Lipinski definition) is 5. The van der Waals surface area contributed by atoms with Gasteiger partial charge in [-0.15, -0.1) is 0 Å². The molecule has 0 aliphatic heterocycles. The lowest BCUT2D eigenvalue weighted by atomic mass is 9.69. The Bertz CT molecular complexity index is 1350. The van der Waals surface area contributed by atoms with Gasteiger partial charge in [-0.25, -0.2) is 22.9 Å². The molecule has 1 aliphatic carbocycles. The number of H-pyrrole nitrogens is 1. The molecular weight excluding hydrogens is 450 g/mol. The lowest BCUT2D eigenvalue weighted by Gasteiger charge is -2.42. The van der Waals surface area contributed by atoms with Crippen LogP contribution in [0.15, 0.2) is 40.3 Å². The van der Waals surface area contributed by atoms with E-state index < -0.39 is 10.0 Å². The van der Waals surface area contributed by atoms with Gasteiger partial charge >= 0.3 is 5.69 Å². The van der Waals surface area contributed by atoms with E-state index in [4.69, 9.17) is 4.98 Å². The van der Waals surface area contributed by atoms with E-state index in [-0.39, 0.29) is 33.4 Å². The quantitative estimate of drug-likeness (QED) is 0.570.